The molecular formula is C9H11FO3S. The van der Waals surface area contributed by atoms with Gasteiger partial charge >= 0.3 is 0 Å². The second-order valence-corrected chi connectivity index (χ2v) is 3.86. The highest BCUT2D eigenvalue weighted by Gasteiger charge is 2.06. The highest BCUT2D eigenvalue weighted by molar-refractivity contribution is 7.85. The lowest BCUT2D eigenvalue weighted by Gasteiger charge is -1.95. The first kappa shape index (κ1) is 12.8. The molecule has 3 nitrogen and oxygen atoms in total. The SMILES string of the molecule is C=CF.Cc1ccc(S(=O)(=O)O)cc1. The van der Waals surface area contributed by atoms with Gasteiger partial charge in [0.2, 0.25) is 0 Å². The summed E-state index contributed by atoms with van der Waals surface area (Å²) in [4.78, 5) is -0.0666. The maximum Gasteiger partial charge on any atom is 0.294 e. The molecule has 0 unspecified atom stereocenters. The highest BCUT2D eigenvalue weighted by atomic mass is 32.2. The van der Waals surface area contributed by atoms with Gasteiger partial charge in [-0.25, -0.2) is 4.39 Å². The summed E-state index contributed by atoms with van der Waals surface area (Å²) in [6, 6.07) is 5.99. The van der Waals surface area contributed by atoms with Crippen LogP contribution in [0.25, 0.3) is 0 Å². The maximum atomic E-state index is 10.5. The Hall–Kier alpha value is -1.20. The second kappa shape index (κ2) is 5.51. The minimum absolute atomic E-state index is 0.0666. The number of hydrogen-bond acceptors (Lipinski definition) is 2. The molecule has 1 rings (SSSR count). The third kappa shape index (κ3) is 4.74. The van der Waals surface area contributed by atoms with E-state index in [-0.39, 0.29) is 11.2 Å². The Morgan fingerprint density at radius 1 is 1.36 bits per heavy atom. The molecule has 0 aliphatic heterocycles. The highest BCUT2D eigenvalue weighted by Crippen LogP contribution is 2.08. The van der Waals surface area contributed by atoms with Crippen LogP contribution in [0, 0.1) is 6.92 Å². The third-order valence-corrected chi connectivity index (χ3v) is 2.19. The van der Waals surface area contributed by atoms with Gasteiger partial charge in [0, 0.05) is 0 Å². The smallest absolute Gasteiger partial charge is 0.282 e. The van der Waals surface area contributed by atoms with Gasteiger partial charge in [0.05, 0.1) is 11.2 Å². The molecule has 1 aromatic carbocycles. The van der Waals surface area contributed by atoms with Crippen LogP contribution in [0.5, 0.6) is 0 Å². The van der Waals surface area contributed by atoms with Crippen molar-refractivity contribution in [3.63, 3.8) is 0 Å². The van der Waals surface area contributed by atoms with Gasteiger partial charge < -0.3 is 0 Å². The van der Waals surface area contributed by atoms with Crippen molar-refractivity contribution in [1.29, 1.82) is 0 Å². The average molecular weight is 218 g/mol. The van der Waals surface area contributed by atoms with Gasteiger partial charge in [-0.15, -0.1) is 0 Å². The van der Waals surface area contributed by atoms with E-state index >= 15 is 0 Å². The first-order chi connectivity index (χ1) is 6.41. The van der Waals surface area contributed by atoms with Gasteiger partial charge in [0.25, 0.3) is 10.1 Å². The number of benzene rings is 1. The number of halogens is 1. The van der Waals surface area contributed by atoms with E-state index in [1.54, 1.807) is 12.1 Å². The monoisotopic (exact) mass is 218 g/mol. The Morgan fingerprint density at radius 2 is 1.71 bits per heavy atom. The Kier molecular flexibility index (Phi) is 5.04. The lowest BCUT2D eigenvalue weighted by atomic mass is 10.2. The van der Waals surface area contributed by atoms with E-state index in [1.807, 2.05) is 6.92 Å². The lowest BCUT2D eigenvalue weighted by molar-refractivity contribution is 0.483. The predicted octanol–water partition coefficient (Wildman–Crippen LogP) is 2.34. The van der Waals surface area contributed by atoms with Crippen molar-refractivity contribution in [2.45, 2.75) is 11.8 Å². The van der Waals surface area contributed by atoms with Crippen LogP contribution >= 0.6 is 0 Å². The van der Waals surface area contributed by atoms with E-state index in [4.69, 9.17) is 4.55 Å². The zero-order valence-electron chi connectivity index (χ0n) is 7.64. The van der Waals surface area contributed by atoms with Crippen molar-refractivity contribution < 1.29 is 17.4 Å². The Balaban J connectivity index is 0.000000500. The fraction of sp³-hybridized carbons (Fsp3) is 0.111. The lowest BCUT2D eigenvalue weighted by Crippen LogP contribution is -1.96. The molecule has 0 atom stereocenters. The molecule has 5 heteroatoms. The molecule has 0 spiro atoms. The maximum absolute atomic E-state index is 10.5. The summed E-state index contributed by atoms with van der Waals surface area (Å²) in [5.74, 6) is 0. The molecule has 0 heterocycles. The van der Waals surface area contributed by atoms with Crippen LogP contribution in [0.4, 0.5) is 4.39 Å². The van der Waals surface area contributed by atoms with Crippen LogP contribution in [0.3, 0.4) is 0 Å². The molecular weight excluding hydrogens is 207 g/mol. The number of rotatable bonds is 1. The van der Waals surface area contributed by atoms with Gasteiger partial charge in [-0.2, -0.15) is 8.42 Å². The van der Waals surface area contributed by atoms with Crippen molar-refractivity contribution in [3.8, 4) is 0 Å². The molecule has 0 aliphatic carbocycles. The molecule has 0 radical (unpaired) electrons. The minimum Gasteiger partial charge on any atom is -0.282 e. The number of aryl methyl sites for hydroxylation is 1. The van der Waals surface area contributed by atoms with E-state index in [0.717, 1.165) is 5.56 Å². The third-order valence-electron chi connectivity index (χ3n) is 1.32. The van der Waals surface area contributed by atoms with Crippen molar-refractivity contribution in [2.75, 3.05) is 0 Å². The van der Waals surface area contributed by atoms with Crippen LogP contribution in [-0.4, -0.2) is 13.0 Å². The van der Waals surface area contributed by atoms with E-state index in [2.05, 4.69) is 6.58 Å². The topological polar surface area (TPSA) is 54.4 Å². The molecule has 0 amide bonds. The minimum atomic E-state index is -4.02. The fourth-order valence-electron chi connectivity index (χ4n) is 0.710. The molecule has 0 aromatic heterocycles. The molecule has 0 bridgehead atoms. The van der Waals surface area contributed by atoms with Crippen LogP contribution in [0.1, 0.15) is 5.56 Å². The molecule has 14 heavy (non-hydrogen) atoms. The Bertz CT molecular complexity index is 381. The van der Waals surface area contributed by atoms with Crippen LogP contribution in [0.15, 0.2) is 42.1 Å². The zero-order chi connectivity index (χ0) is 11.2. The van der Waals surface area contributed by atoms with Gasteiger partial charge in [-0.3, -0.25) is 4.55 Å². The van der Waals surface area contributed by atoms with Crippen LogP contribution < -0.4 is 0 Å². The van der Waals surface area contributed by atoms with Gasteiger partial charge in [0.15, 0.2) is 0 Å². The normalized spacial score (nSPS) is 9.93. The summed E-state index contributed by atoms with van der Waals surface area (Å²) in [5.41, 5.74) is 0.956. The second-order valence-electron chi connectivity index (χ2n) is 2.44. The summed E-state index contributed by atoms with van der Waals surface area (Å²) in [5, 5.41) is 0. The molecule has 0 fully saturated rings. The first-order valence-electron chi connectivity index (χ1n) is 3.67. The molecule has 1 N–H and O–H groups in total. The largest absolute Gasteiger partial charge is 0.294 e. The molecule has 0 saturated heterocycles. The summed E-state index contributed by atoms with van der Waals surface area (Å²) in [7, 11) is -4.02. The summed E-state index contributed by atoms with van der Waals surface area (Å²) in [6.07, 6.45) is 0.250. The zero-order valence-corrected chi connectivity index (χ0v) is 8.46. The van der Waals surface area contributed by atoms with Crippen molar-refractivity contribution in [1.82, 2.24) is 0 Å². The average Bonchev–Trinajstić information content (AvgIpc) is 2.04. The Labute approximate surface area is 82.6 Å². The van der Waals surface area contributed by atoms with Crippen LogP contribution in [0.2, 0.25) is 0 Å². The van der Waals surface area contributed by atoms with E-state index in [0.29, 0.717) is 0 Å². The van der Waals surface area contributed by atoms with Crippen LogP contribution in [-0.2, 0) is 10.1 Å². The van der Waals surface area contributed by atoms with E-state index in [1.165, 1.54) is 12.1 Å². The molecule has 0 saturated carbocycles. The van der Waals surface area contributed by atoms with Gasteiger partial charge in [-0.1, -0.05) is 24.3 Å². The van der Waals surface area contributed by atoms with E-state index in [9.17, 15) is 12.8 Å². The molecule has 0 aliphatic rings. The number of hydrogen-bond donors (Lipinski definition) is 1. The molecule has 78 valence electrons. The van der Waals surface area contributed by atoms with E-state index < -0.39 is 10.1 Å². The van der Waals surface area contributed by atoms with Crippen molar-refractivity contribution in [3.05, 3.63) is 42.7 Å². The fourth-order valence-corrected chi connectivity index (χ4v) is 1.19. The standard InChI is InChI=1S/C7H8O3S.C2H3F/c1-6-2-4-7(5-3-6)11(8,9)10;1-2-3/h2-5H,1H3,(H,8,9,10);2H,1H2. The predicted molar refractivity (Wildman–Crippen MR) is 52.3 cm³/mol. The van der Waals surface area contributed by atoms with Gasteiger partial charge in [-0.05, 0) is 19.1 Å². The molecule has 1 aromatic rings. The summed E-state index contributed by atoms with van der Waals surface area (Å²) >= 11 is 0. The van der Waals surface area contributed by atoms with Crippen molar-refractivity contribution in [2.24, 2.45) is 0 Å². The van der Waals surface area contributed by atoms with Gasteiger partial charge in [0.1, 0.15) is 0 Å². The quantitative estimate of drug-likeness (QED) is 0.736. The van der Waals surface area contributed by atoms with Crippen molar-refractivity contribution >= 4 is 10.1 Å². The Morgan fingerprint density at radius 3 is 2.00 bits per heavy atom. The summed E-state index contributed by atoms with van der Waals surface area (Å²) in [6.45, 7) is 4.54. The first-order valence-corrected chi connectivity index (χ1v) is 5.11. The summed E-state index contributed by atoms with van der Waals surface area (Å²) < 4.78 is 39.6.